The van der Waals surface area contributed by atoms with Crippen LogP contribution in [0.2, 0.25) is 0 Å². The Labute approximate surface area is 152 Å². The molecule has 1 fully saturated rings. The summed E-state index contributed by atoms with van der Waals surface area (Å²) in [6, 6.07) is 7.34. The monoisotopic (exact) mass is 368 g/mol. The molecule has 0 bridgehead atoms. The van der Waals surface area contributed by atoms with Gasteiger partial charge in [0.05, 0.1) is 6.54 Å². The van der Waals surface area contributed by atoms with Crippen molar-refractivity contribution in [3.8, 4) is 5.75 Å². The van der Waals surface area contributed by atoms with Gasteiger partial charge in [0.1, 0.15) is 11.5 Å². The van der Waals surface area contributed by atoms with Crippen molar-refractivity contribution in [3.63, 3.8) is 0 Å². The Kier molecular flexibility index (Phi) is 7.97. The average molecular weight is 368 g/mol. The van der Waals surface area contributed by atoms with Crippen molar-refractivity contribution < 1.29 is 23.1 Å². The standard InChI is InChI=1S/C19H26F2N2O3/c1-14(24)2-3-15-4-6-17(7-5-15)26-13-19(25)22-16-8-10-23(11-9-16)12-18(20)21/h4-7,16,18H,2-3,8-13H2,1H3,(H,22,25). The molecule has 1 aliphatic heterocycles. The van der Waals surface area contributed by atoms with E-state index in [2.05, 4.69) is 5.32 Å². The fourth-order valence-corrected chi connectivity index (χ4v) is 2.95. The molecule has 0 spiro atoms. The number of ether oxygens (including phenoxy) is 1. The number of halogens is 2. The van der Waals surface area contributed by atoms with Crippen molar-refractivity contribution in [3.05, 3.63) is 29.8 Å². The van der Waals surface area contributed by atoms with E-state index in [0.29, 0.717) is 44.5 Å². The zero-order valence-electron chi connectivity index (χ0n) is 15.0. The molecule has 7 heteroatoms. The highest BCUT2D eigenvalue weighted by Crippen LogP contribution is 2.14. The molecule has 0 aliphatic carbocycles. The maximum absolute atomic E-state index is 12.3. The number of alkyl halides is 2. The second-order valence-electron chi connectivity index (χ2n) is 6.67. The Morgan fingerprint density at radius 3 is 2.46 bits per heavy atom. The number of benzene rings is 1. The van der Waals surface area contributed by atoms with Crippen LogP contribution >= 0.6 is 0 Å². The summed E-state index contributed by atoms with van der Waals surface area (Å²) >= 11 is 0. The van der Waals surface area contributed by atoms with E-state index in [1.54, 1.807) is 24.0 Å². The normalized spacial score (nSPS) is 15.8. The summed E-state index contributed by atoms with van der Waals surface area (Å²) in [7, 11) is 0. The van der Waals surface area contributed by atoms with Crippen LogP contribution in [-0.2, 0) is 16.0 Å². The van der Waals surface area contributed by atoms with Gasteiger partial charge >= 0.3 is 0 Å². The van der Waals surface area contributed by atoms with Crippen LogP contribution < -0.4 is 10.1 Å². The van der Waals surface area contributed by atoms with Crippen molar-refractivity contribution in [2.75, 3.05) is 26.2 Å². The summed E-state index contributed by atoms with van der Waals surface area (Å²) in [6.07, 6.45) is 0.231. The first-order chi connectivity index (χ1) is 12.4. The molecule has 1 heterocycles. The lowest BCUT2D eigenvalue weighted by Gasteiger charge is -2.31. The molecule has 26 heavy (non-hydrogen) atoms. The van der Waals surface area contributed by atoms with Crippen LogP contribution in [0.5, 0.6) is 5.75 Å². The largest absolute Gasteiger partial charge is 0.484 e. The molecule has 0 saturated carbocycles. The maximum atomic E-state index is 12.3. The predicted octanol–water partition coefficient (Wildman–Crippen LogP) is 2.43. The molecule has 1 aromatic rings. The molecule has 1 amide bonds. The second-order valence-corrected chi connectivity index (χ2v) is 6.67. The minimum atomic E-state index is -2.32. The molecule has 1 aliphatic rings. The Hall–Kier alpha value is -2.02. The molecular weight excluding hydrogens is 342 g/mol. The Morgan fingerprint density at radius 2 is 1.88 bits per heavy atom. The van der Waals surface area contributed by atoms with Crippen molar-refractivity contribution in [2.24, 2.45) is 0 Å². The summed E-state index contributed by atoms with van der Waals surface area (Å²) in [5.41, 5.74) is 1.05. The summed E-state index contributed by atoms with van der Waals surface area (Å²) in [5.74, 6) is 0.540. The number of rotatable bonds is 9. The van der Waals surface area contributed by atoms with Crippen LogP contribution in [0.15, 0.2) is 24.3 Å². The molecule has 144 valence electrons. The number of piperidine rings is 1. The molecule has 1 aromatic carbocycles. The van der Waals surface area contributed by atoms with Gasteiger partial charge in [-0.05, 0) is 43.9 Å². The highest BCUT2D eigenvalue weighted by Gasteiger charge is 2.22. The highest BCUT2D eigenvalue weighted by molar-refractivity contribution is 5.77. The van der Waals surface area contributed by atoms with Gasteiger partial charge in [-0.3, -0.25) is 9.69 Å². The van der Waals surface area contributed by atoms with Crippen LogP contribution in [0.25, 0.3) is 0 Å². The number of hydrogen-bond donors (Lipinski definition) is 1. The van der Waals surface area contributed by atoms with E-state index in [9.17, 15) is 18.4 Å². The van der Waals surface area contributed by atoms with Gasteiger partial charge in [-0.25, -0.2) is 8.78 Å². The number of Topliss-reactive ketones (excluding diaryl/α,β-unsaturated/α-hetero) is 1. The van der Waals surface area contributed by atoms with Gasteiger partial charge in [0.15, 0.2) is 6.61 Å². The molecule has 1 saturated heterocycles. The Balaban J connectivity index is 1.66. The summed E-state index contributed by atoms with van der Waals surface area (Å²) < 4.78 is 30.2. The summed E-state index contributed by atoms with van der Waals surface area (Å²) in [5, 5.41) is 2.89. The van der Waals surface area contributed by atoms with Crippen LogP contribution in [-0.4, -0.2) is 55.3 Å². The lowest BCUT2D eigenvalue weighted by Crippen LogP contribution is -2.46. The number of carbonyl (C=O) groups excluding carboxylic acids is 2. The first-order valence-corrected chi connectivity index (χ1v) is 8.93. The van der Waals surface area contributed by atoms with E-state index in [0.717, 1.165) is 5.56 Å². The molecule has 0 aromatic heterocycles. The van der Waals surface area contributed by atoms with E-state index in [4.69, 9.17) is 4.74 Å². The number of amides is 1. The SMILES string of the molecule is CC(=O)CCc1ccc(OCC(=O)NC2CCN(CC(F)F)CC2)cc1. The molecule has 0 unspecified atom stereocenters. The first kappa shape index (κ1) is 20.3. The van der Waals surface area contributed by atoms with Gasteiger partial charge in [0, 0.05) is 25.6 Å². The van der Waals surface area contributed by atoms with Crippen LogP contribution in [0.3, 0.4) is 0 Å². The number of carbonyl (C=O) groups is 2. The number of aryl methyl sites for hydroxylation is 1. The number of hydrogen-bond acceptors (Lipinski definition) is 4. The Morgan fingerprint density at radius 1 is 1.23 bits per heavy atom. The average Bonchev–Trinajstić information content (AvgIpc) is 2.60. The van der Waals surface area contributed by atoms with E-state index in [1.165, 1.54) is 0 Å². The van der Waals surface area contributed by atoms with E-state index >= 15 is 0 Å². The van der Waals surface area contributed by atoms with Gasteiger partial charge in [-0.1, -0.05) is 12.1 Å². The lowest BCUT2D eigenvalue weighted by atomic mass is 10.1. The maximum Gasteiger partial charge on any atom is 0.258 e. The predicted molar refractivity (Wildman–Crippen MR) is 94.5 cm³/mol. The number of ketones is 1. The van der Waals surface area contributed by atoms with E-state index in [-0.39, 0.29) is 30.9 Å². The fraction of sp³-hybridized carbons (Fsp3) is 0.579. The summed E-state index contributed by atoms with van der Waals surface area (Å²) in [6.45, 7) is 2.42. The van der Waals surface area contributed by atoms with Crippen LogP contribution in [0.1, 0.15) is 31.7 Å². The van der Waals surface area contributed by atoms with Gasteiger partial charge in [-0.15, -0.1) is 0 Å². The fourth-order valence-electron chi connectivity index (χ4n) is 2.95. The van der Waals surface area contributed by atoms with Crippen molar-refractivity contribution >= 4 is 11.7 Å². The van der Waals surface area contributed by atoms with Crippen LogP contribution in [0, 0.1) is 0 Å². The quantitative estimate of drug-likeness (QED) is 0.727. The number of likely N-dealkylation sites (tertiary alicyclic amines) is 1. The minimum absolute atomic E-state index is 0.00831. The molecule has 5 nitrogen and oxygen atoms in total. The highest BCUT2D eigenvalue weighted by atomic mass is 19.3. The molecule has 1 N–H and O–H groups in total. The van der Waals surface area contributed by atoms with Crippen LogP contribution in [0.4, 0.5) is 8.78 Å². The third-order valence-corrected chi connectivity index (χ3v) is 4.41. The van der Waals surface area contributed by atoms with Crippen molar-refractivity contribution in [1.29, 1.82) is 0 Å². The second kappa shape index (κ2) is 10.2. The first-order valence-electron chi connectivity index (χ1n) is 8.93. The van der Waals surface area contributed by atoms with Crippen molar-refractivity contribution in [2.45, 2.75) is 45.1 Å². The summed E-state index contributed by atoms with van der Waals surface area (Å²) in [4.78, 5) is 24.7. The molecule has 0 atom stereocenters. The Bertz CT molecular complexity index is 585. The van der Waals surface area contributed by atoms with Gasteiger partial charge in [0.25, 0.3) is 12.3 Å². The zero-order chi connectivity index (χ0) is 18.9. The molecule has 0 radical (unpaired) electrons. The zero-order valence-corrected chi connectivity index (χ0v) is 15.0. The smallest absolute Gasteiger partial charge is 0.258 e. The molecule has 2 rings (SSSR count). The van der Waals surface area contributed by atoms with Gasteiger partial charge < -0.3 is 14.8 Å². The van der Waals surface area contributed by atoms with Gasteiger partial charge in [-0.2, -0.15) is 0 Å². The molecular formula is C19H26F2N2O3. The minimum Gasteiger partial charge on any atom is -0.484 e. The van der Waals surface area contributed by atoms with E-state index < -0.39 is 6.43 Å². The third kappa shape index (κ3) is 7.47. The lowest BCUT2D eigenvalue weighted by molar-refractivity contribution is -0.124. The topological polar surface area (TPSA) is 58.6 Å². The third-order valence-electron chi connectivity index (χ3n) is 4.41. The van der Waals surface area contributed by atoms with Gasteiger partial charge in [0.2, 0.25) is 0 Å². The van der Waals surface area contributed by atoms with E-state index in [1.807, 2.05) is 12.1 Å². The number of nitrogens with zero attached hydrogens (tertiary/aromatic N) is 1. The van der Waals surface area contributed by atoms with Crippen molar-refractivity contribution in [1.82, 2.24) is 10.2 Å². The number of nitrogens with one attached hydrogen (secondary N) is 1.